The Morgan fingerprint density at radius 3 is 2.62 bits per heavy atom. The SMILES string of the molecule is COc1ccccc1OCC(=O)Nc1ccc2c(=O)c3cccc(Cl)c3oc2c1. The number of ether oxygens (including phenoxy) is 2. The first kappa shape index (κ1) is 18.8. The quantitative estimate of drug-likeness (QED) is 0.486. The van der Waals surface area contributed by atoms with Gasteiger partial charge in [-0.1, -0.05) is 29.8 Å². The van der Waals surface area contributed by atoms with E-state index >= 15 is 0 Å². The number of methoxy groups -OCH3 is 1. The molecule has 1 aromatic heterocycles. The van der Waals surface area contributed by atoms with Crippen LogP contribution < -0.4 is 20.2 Å². The maximum atomic E-state index is 12.7. The van der Waals surface area contributed by atoms with Crippen LogP contribution in [0.4, 0.5) is 5.69 Å². The average Bonchev–Trinajstić information content (AvgIpc) is 2.73. The van der Waals surface area contributed by atoms with Crippen molar-refractivity contribution in [1.82, 2.24) is 0 Å². The van der Waals surface area contributed by atoms with Crippen molar-refractivity contribution in [3.05, 3.63) is 75.9 Å². The number of para-hydroxylation sites is 3. The zero-order valence-electron chi connectivity index (χ0n) is 15.4. The van der Waals surface area contributed by atoms with Crippen LogP contribution in [-0.4, -0.2) is 19.6 Å². The van der Waals surface area contributed by atoms with Crippen LogP contribution in [0.5, 0.6) is 11.5 Å². The average molecular weight is 410 g/mol. The molecule has 0 aliphatic heterocycles. The molecule has 4 aromatic rings. The first-order valence-corrected chi connectivity index (χ1v) is 9.15. The highest BCUT2D eigenvalue weighted by Crippen LogP contribution is 2.27. The maximum Gasteiger partial charge on any atom is 0.262 e. The third-order valence-electron chi connectivity index (χ3n) is 4.36. The van der Waals surface area contributed by atoms with Gasteiger partial charge in [0.05, 0.1) is 22.9 Å². The van der Waals surface area contributed by atoms with Gasteiger partial charge in [-0.05, 0) is 36.4 Å². The zero-order chi connectivity index (χ0) is 20.4. The molecule has 4 rings (SSSR count). The van der Waals surface area contributed by atoms with E-state index in [1.54, 1.807) is 54.6 Å². The van der Waals surface area contributed by atoms with Gasteiger partial charge in [0.1, 0.15) is 5.58 Å². The second-order valence-corrected chi connectivity index (χ2v) is 6.65. The molecule has 0 saturated carbocycles. The molecule has 0 aliphatic carbocycles. The smallest absolute Gasteiger partial charge is 0.262 e. The number of halogens is 1. The van der Waals surface area contributed by atoms with Gasteiger partial charge in [-0.2, -0.15) is 0 Å². The van der Waals surface area contributed by atoms with Gasteiger partial charge < -0.3 is 19.2 Å². The normalized spacial score (nSPS) is 10.8. The summed E-state index contributed by atoms with van der Waals surface area (Å²) in [7, 11) is 1.53. The highest BCUT2D eigenvalue weighted by molar-refractivity contribution is 6.34. The molecule has 7 heteroatoms. The molecule has 1 N–H and O–H groups in total. The molecule has 0 unspecified atom stereocenters. The Kier molecular flexibility index (Phi) is 5.10. The van der Waals surface area contributed by atoms with E-state index < -0.39 is 0 Å². The second kappa shape index (κ2) is 7.85. The van der Waals surface area contributed by atoms with Crippen LogP contribution in [0.3, 0.4) is 0 Å². The molecule has 0 saturated heterocycles. The summed E-state index contributed by atoms with van der Waals surface area (Å²) in [4.78, 5) is 24.9. The van der Waals surface area contributed by atoms with Crippen LogP contribution in [0.2, 0.25) is 5.02 Å². The van der Waals surface area contributed by atoms with E-state index in [1.807, 2.05) is 6.07 Å². The first-order chi connectivity index (χ1) is 14.1. The van der Waals surface area contributed by atoms with Crippen LogP contribution in [0.15, 0.2) is 69.9 Å². The summed E-state index contributed by atoms with van der Waals surface area (Å²) in [5, 5.41) is 3.89. The summed E-state index contributed by atoms with van der Waals surface area (Å²) in [5.74, 6) is 0.642. The number of rotatable bonds is 5. The third-order valence-corrected chi connectivity index (χ3v) is 4.66. The van der Waals surface area contributed by atoms with Crippen molar-refractivity contribution >= 4 is 45.1 Å². The van der Waals surface area contributed by atoms with Gasteiger partial charge in [-0.15, -0.1) is 0 Å². The van der Waals surface area contributed by atoms with E-state index in [4.69, 9.17) is 25.5 Å². The second-order valence-electron chi connectivity index (χ2n) is 6.25. The number of carbonyl (C=O) groups is 1. The zero-order valence-corrected chi connectivity index (χ0v) is 16.2. The molecule has 146 valence electrons. The minimum atomic E-state index is -0.364. The number of anilines is 1. The minimum absolute atomic E-state index is 0.180. The Hall–Kier alpha value is -3.51. The van der Waals surface area contributed by atoms with Gasteiger partial charge >= 0.3 is 0 Å². The Labute approximate surface area is 170 Å². The molecule has 0 atom stereocenters. The van der Waals surface area contributed by atoms with E-state index in [1.165, 1.54) is 7.11 Å². The van der Waals surface area contributed by atoms with Crippen LogP contribution in [0.25, 0.3) is 21.9 Å². The van der Waals surface area contributed by atoms with Crippen molar-refractivity contribution in [3.63, 3.8) is 0 Å². The predicted molar refractivity (Wildman–Crippen MR) is 112 cm³/mol. The van der Waals surface area contributed by atoms with Gasteiger partial charge in [0.25, 0.3) is 5.91 Å². The fourth-order valence-electron chi connectivity index (χ4n) is 3.00. The molecular weight excluding hydrogens is 394 g/mol. The van der Waals surface area contributed by atoms with E-state index in [2.05, 4.69) is 5.32 Å². The van der Waals surface area contributed by atoms with Gasteiger partial charge in [-0.3, -0.25) is 9.59 Å². The van der Waals surface area contributed by atoms with Gasteiger partial charge in [0, 0.05) is 11.8 Å². The summed E-state index contributed by atoms with van der Waals surface area (Å²) in [6, 6.07) is 16.9. The fourth-order valence-corrected chi connectivity index (χ4v) is 3.21. The van der Waals surface area contributed by atoms with Crippen molar-refractivity contribution in [2.24, 2.45) is 0 Å². The Morgan fingerprint density at radius 1 is 1.03 bits per heavy atom. The predicted octanol–water partition coefficient (Wildman–Crippen LogP) is 4.63. The number of carbonyl (C=O) groups excluding carboxylic acids is 1. The lowest BCUT2D eigenvalue weighted by Crippen LogP contribution is -2.20. The number of nitrogens with one attached hydrogen (secondary N) is 1. The molecule has 1 amide bonds. The standard InChI is InChI=1S/C22H16ClNO5/c1-27-17-7-2-3-8-18(17)28-12-20(25)24-13-9-10-14-19(11-13)29-22-15(21(14)26)5-4-6-16(22)23/h2-11H,12H2,1H3,(H,24,25). The van der Waals surface area contributed by atoms with Crippen molar-refractivity contribution in [1.29, 1.82) is 0 Å². The summed E-state index contributed by atoms with van der Waals surface area (Å²) in [5.41, 5.74) is 0.940. The van der Waals surface area contributed by atoms with Gasteiger partial charge in [0.15, 0.2) is 23.7 Å². The highest BCUT2D eigenvalue weighted by Gasteiger charge is 2.12. The molecule has 0 spiro atoms. The summed E-state index contributed by atoms with van der Waals surface area (Å²) < 4.78 is 16.5. The van der Waals surface area contributed by atoms with Crippen LogP contribution in [0.1, 0.15) is 0 Å². The maximum absolute atomic E-state index is 12.7. The first-order valence-electron chi connectivity index (χ1n) is 8.77. The van der Waals surface area contributed by atoms with E-state index in [9.17, 15) is 9.59 Å². The number of benzene rings is 3. The molecular formula is C22H16ClNO5. The van der Waals surface area contributed by atoms with Crippen molar-refractivity contribution in [2.45, 2.75) is 0 Å². The Balaban J connectivity index is 1.56. The highest BCUT2D eigenvalue weighted by atomic mass is 35.5. The lowest BCUT2D eigenvalue weighted by Gasteiger charge is -2.11. The van der Waals surface area contributed by atoms with Crippen LogP contribution >= 0.6 is 11.6 Å². The van der Waals surface area contributed by atoms with E-state index in [0.29, 0.717) is 44.1 Å². The largest absolute Gasteiger partial charge is 0.493 e. The van der Waals surface area contributed by atoms with E-state index in [-0.39, 0.29) is 17.9 Å². The van der Waals surface area contributed by atoms with Crippen molar-refractivity contribution in [3.8, 4) is 11.5 Å². The van der Waals surface area contributed by atoms with Gasteiger partial charge in [0.2, 0.25) is 5.43 Å². The molecule has 0 aliphatic rings. The molecule has 29 heavy (non-hydrogen) atoms. The molecule has 3 aromatic carbocycles. The fraction of sp³-hybridized carbons (Fsp3) is 0.0909. The molecule has 0 fully saturated rings. The number of hydrogen-bond donors (Lipinski definition) is 1. The lowest BCUT2D eigenvalue weighted by atomic mass is 10.1. The summed E-state index contributed by atoms with van der Waals surface area (Å²) in [6.07, 6.45) is 0. The number of fused-ring (bicyclic) bond motifs is 2. The van der Waals surface area contributed by atoms with Crippen molar-refractivity contribution in [2.75, 3.05) is 19.0 Å². The summed E-state index contributed by atoms with van der Waals surface area (Å²) >= 11 is 6.15. The third kappa shape index (κ3) is 3.75. The van der Waals surface area contributed by atoms with E-state index in [0.717, 1.165) is 0 Å². The number of amides is 1. The van der Waals surface area contributed by atoms with Crippen LogP contribution in [-0.2, 0) is 4.79 Å². The van der Waals surface area contributed by atoms with Crippen LogP contribution in [0, 0.1) is 0 Å². The van der Waals surface area contributed by atoms with Crippen molar-refractivity contribution < 1.29 is 18.7 Å². The Morgan fingerprint density at radius 2 is 1.83 bits per heavy atom. The monoisotopic (exact) mass is 409 g/mol. The lowest BCUT2D eigenvalue weighted by molar-refractivity contribution is -0.118. The summed E-state index contributed by atoms with van der Waals surface area (Å²) in [6.45, 7) is -0.202. The molecule has 6 nitrogen and oxygen atoms in total. The minimum Gasteiger partial charge on any atom is -0.493 e. The Bertz CT molecular complexity index is 1280. The molecule has 0 bridgehead atoms. The van der Waals surface area contributed by atoms with Gasteiger partial charge in [-0.25, -0.2) is 0 Å². The topological polar surface area (TPSA) is 77.8 Å². The molecule has 0 radical (unpaired) electrons. The molecule has 1 heterocycles. The number of hydrogen-bond acceptors (Lipinski definition) is 5.